The molecule has 1 fully saturated rings. The summed E-state index contributed by atoms with van der Waals surface area (Å²) in [6.45, 7) is 1.21. The second-order valence-electron chi connectivity index (χ2n) is 5.41. The van der Waals surface area contributed by atoms with Crippen LogP contribution in [-0.4, -0.2) is 53.9 Å². The van der Waals surface area contributed by atoms with Crippen LogP contribution in [0.15, 0.2) is 30.3 Å². The molecule has 0 radical (unpaired) electrons. The highest BCUT2D eigenvalue weighted by Gasteiger charge is 2.50. The predicted octanol–water partition coefficient (Wildman–Crippen LogP) is 1.33. The van der Waals surface area contributed by atoms with Crippen molar-refractivity contribution in [3.05, 3.63) is 35.9 Å². The minimum atomic E-state index is -5.21. The van der Waals surface area contributed by atoms with Crippen LogP contribution in [-0.2, 0) is 14.3 Å². The average Bonchev–Trinajstić information content (AvgIpc) is 2.55. The molecular formula is C15H15F4NO5. The van der Waals surface area contributed by atoms with Gasteiger partial charge in [0.25, 0.3) is 0 Å². The number of carbonyl (C=O) groups is 2. The Morgan fingerprint density at radius 1 is 1.24 bits per heavy atom. The lowest BCUT2D eigenvalue weighted by Gasteiger charge is -2.40. The van der Waals surface area contributed by atoms with E-state index in [1.807, 2.05) is 0 Å². The third-order valence-electron chi connectivity index (χ3n) is 3.61. The van der Waals surface area contributed by atoms with Crippen LogP contribution < -0.4 is 5.32 Å². The Balaban J connectivity index is 2.21. The molecule has 1 amide bonds. The van der Waals surface area contributed by atoms with Gasteiger partial charge in [-0.15, -0.1) is 0 Å². The first-order valence-corrected chi connectivity index (χ1v) is 7.22. The van der Waals surface area contributed by atoms with Crippen LogP contribution in [0.4, 0.5) is 17.6 Å². The molecule has 1 unspecified atom stereocenters. The number of hydrogen-bond acceptors (Lipinski definition) is 5. The second kappa shape index (κ2) is 7.36. The van der Waals surface area contributed by atoms with Gasteiger partial charge in [-0.25, -0.2) is 9.18 Å². The summed E-state index contributed by atoms with van der Waals surface area (Å²) >= 11 is 0. The maximum absolute atomic E-state index is 14.2. The number of aliphatic hydroxyl groups is 1. The number of amides is 1. The number of nitrogens with one attached hydrogen (secondary N) is 1. The fraction of sp³-hybridized carbons (Fsp3) is 0.467. The van der Waals surface area contributed by atoms with Crippen molar-refractivity contribution in [3.8, 4) is 0 Å². The lowest BCUT2D eigenvalue weighted by atomic mass is 9.97. The topological polar surface area (TPSA) is 84.9 Å². The maximum atomic E-state index is 14.2. The summed E-state index contributed by atoms with van der Waals surface area (Å²) in [5.41, 5.74) is 0.0317. The first kappa shape index (κ1) is 19.1. The van der Waals surface area contributed by atoms with E-state index >= 15 is 0 Å². The van der Waals surface area contributed by atoms with Gasteiger partial charge in [-0.05, 0) is 19.1 Å². The Labute approximate surface area is 139 Å². The molecule has 0 aliphatic carbocycles. The van der Waals surface area contributed by atoms with E-state index in [0.717, 1.165) is 0 Å². The summed E-state index contributed by atoms with van der Waals surface area (Å²) in [7, 11) is 0. The molecule has 25 heavy (non-hydrogen) atoms. The van der Waals surface area contributed by atoms with Crippen molar-refractivity contribution in [1.82, 2.24) is 5.32 Å². The molecule has 1 aromatic rings. The highest BCUT2D eigenvalue weighted by atomic mass is 19.4. The first-order valence-electron chi connectivity index (χ1n) is 7.22. The van der Waals surface area contributed by atoms with Gasteiger partial charge in [0.15, 0.2) is 18.6 Å². The van der Waals surface area contributed by atoms with E-state index in [9.17, 15) is 32.3 Å². The normalized spacial score (nSPS) is 29.8. The van der Waals surface area contributed by atoms with E-state index < -0.39 is 48.8 Å². The van der Waals surface area contributed by atoms with Crippen molar-refractivity contribution in [3.63, 3.8) is 0 Å². The molecule has 0 bridgehead atoms. The number of halogens is 4. The molecule has 1 aromatic carbocycles. The van der Waals surface area contributed by atoms with E-state index in [4.69, 9.17) is 9.47 Å². The summed E-state index contributed by atoms with van der Waals surface area (Å²) in [6, 6.07) is 5.71. The number of benzene rings is 1. The van der Waals surface area contributed by atoms with Crippen LogP contribution in [0.25, 0.3) is 0 Å². The van der Waals surface area contributed by atoms with E-state index in [-0.39, 0.29) is 5.56 Å². The third kappa shape index (κ3) is 4.45. The van der Waals surface area contributed by atoms with Crippen LogP contribution in [0.5, 0.6) is 0 Å². The van der Waals surface area contributed by atoms with Crippen LogP contribution in [0.3, 0.4) is 0 Å². The number of aliphatic hydroxyl groups excluding tert-OH is 1. The minimum Gasteiger partial charge on any atom is -0.453 e. The van der Waals surface area contributed by atoms with Gasteiger partial charge < -0.3 is 19.9 Å². The molecule has 1 saturated heterocycles. The minimum absolute atomic E-state index is 0.0317. The van der Waals surface area contributed by atoms with E-state index in [1.165, 1.54) is 31.2 Å². The van der Waals surface area contributed by atoms with Gasteiger partial charge >= 0.3 is 18.1 Å². The summed E-state index contributed by atoms with van der Waals surface area (Å²) < 4.78 is 61.2. The van der Waals surface area contributed by atoms with Crippen molar-refractivity contribution in [2.24, 2.45) is 0 Å². The lowest BCUT2D eigenvalue weighted by Crippen LogP contribution is -2.64. The van der Waals surface area contributed by atoms with Gasteiger partial charge in [0.2, 0.25) is 0 Å². The largest absolute Gasteiger partial charge is 0.471 e. The fourth-order valence-electron chi connectivity index (χ4n) is 2.34. The number of carbonyl (C=O) groups excluding carboxylic acids is 2. The van der Waals surface area contributed by atoms with Gasteiger partial charge in [-0.2, -0.15) is 13.2 Å². The Morgan fingerprint density at radius 3 is 2.40 bits per heavy atom. The first-order chi connectivity index (χ1) is 11.6. The SMILES string of the molecule is C[C@@H]1OC(O)[C@H](F)[C@H](OC(=O)c2ccccc2)[C@@H]1NC(=O)C(F)(F)F. The Hall–Kier alpha value is -2.20. The number of alkyl halides is 4. The smallest absolute Gasteiger partial charge is 0.453 e. The van der Waals surface area contributed by atoms with Crippen LogP contribution in [0, 0.1) is 0 Å². The van der Waals surface area contributed by atoms with Crippen molar-refractivity contribution in [2.45, 2.75) is 43.8 Å². The van der Waals surface area contributed by atoms with Gasteiger partial charge in [-0.1, -0.05) is 18.2 Å². The Morgan fingerprint density at radius 2 is 1.84 bits per heavy atom. The zero-order valence-electron chi connectivity index (χ0n) is 12.9. The van der Waals surface area contributed by atoms with Crippen LogP contribution >= 0.6 is 0 Å². The molecule has 2 N–H and O–H groups in total. The summed E-state index contributed by atoms with van der Waals surface area (Å²) in [6.07, 6.45) is -12.7. The van der Waals surface area contributed by atoms with E-state index in [0.29, 0.717) is 0 Å². The molecule has 138 valence electrons. The number of esters is 1. The molecule has 5 atom stereocenters. The quantitative estimate of drug-likeness (QED) is 0.624. The molecule has 6 nitrogen and oxygen atoms in total. The molecule has 1 aliphatic rings. The molecule has 0 saturated carbocycles. The zero-order valence-corrected chi connectivity index (χ0v) is 12.9. The summed E-state index contributed by atoms with van der Waals surface area (Å²) in [4.78, 5) is 23.2. The van der Waals surface area contributed by atoms with Crippen molar-refractivity contribution < 1.29 is 41.7 Å². The Bertz CT molecular complexity index is 624. The van der Waals surface area contributed by atoms with Gasteiger partial charge in [-0.3, -0.25) is 4.79 Å². The van der Waals surface area contributed by atoms with Crippen LogP contribution in [0.1, 0.15) is 17.3 Å². The highest BCUT2D eigenvalue weighted by molar-refractivity contribution is 5.89. The second-order valence-corrected chi connectivity index (χ2v) is 5.41. The van der Waals surface area contributed by atoms with Crippen molar-refractivity contribution >= 4 is 11.9 Å². The maximum Gasteiger partial charge on any atom is 0.471 e. The fourth-order valence-corrected chi connectivity index (χ4v) is 2.34. The predicted molar refractivity (Wildman–Crippen MR) is 75.1 cm³/mol. The molecule has 0 spiro atoms. The van der Waals surface area contributed by atoms with Gasteiger partial charge in [0, 0.05) is 0 Å². The van der Waals surface area contributed by atoms with Crippen molar-refractivity contribution in [1.29, 1.82) is 0 Å². The zero-order chi connectivity index (χ0) is 18.8. The molecule has 1 aliphatic heterocycles. The number of rotatable bonds is 3. The summed E-state index contributed by atoms with van der Waals surface area (Å²) in [5.74, 6) is -3.35. The van der Waals surface area contributed by atoms with Crippen molar-refractivity contribution in [2.75, 3.05) is 0 Å². The molecule has 1 heterocycles. The van der Waals surface area contributed by atoms with E-state index in [2.05, 4.69) is 0 Å². The summed E-state index contributed by atoms with van der Waals surface area (Å²) in [5, 5.41) is 11.0. The van der Waals surface area contributed by atoms with E-state index in [1.54, 1.807) is 11.4 Å². The number of hydrogen-bond donors (Lipinski definition) is 2. The van der Waals surface area contributed by atoms with Gasteiger partial charge in [0.05, 0.1) is 17.7 Å². The molecule has 2 rings (SSSR count). The Kier molecular flexibility index (Phi) is 5.63. The molecule has 0 aromatic heterocycles. The van der Waals surface area contributed by atoms with Crippen LogP contribution in [0.2, 0.25) is 0 Å². The number of ether oxygens (including phenoxy) is 2. The highest BCUT2D eigenvalue weighted by Crippen LogP contribution is 2.27. The standard InChI is InChI=1S/C15H15F4NO5/c1-7-10(20-14(23)15(17,18)19)11(9(16)13(22)24-7)25-12(21)8-5-3-2-4-6-8/h2-7,9-11,13,22H,1H3,(H,20,23)/t7-,9+,10+,11-,13?/m0/s1. The third-order valence-corrected chi connectivity index (χ3v) is 3.61. The van der Waals surface area contributed by atoms with Gasteiger partial charge in [0.1, 0.15) is 0 Å². The lowest BCUT2D eigenvalue weighted by molar-refractivity contribution is -0.236. The monoisotopic (exact) mass is 365 g/mol. The molecule has 10 heteroatoms. The average molecular weight is 365 g/mol. The molecular weight excluding hydrogens is 350 g/mol.